The molecule has 0 spiro atoms. The molecule has 0 unspecified atom stereocenters. The van der Waals surface area contributed by atoms with Crippen molar-refractivity contribution in [2.24, 2.45) is 0 Å². The van der Waals surface area contributed by atoms with Crippen LogP contribution in [0.3, 0.4) is 0 Å². The maximum Gasteiger partial charge on any atom is 0.185 e. The van der Waals surface area contributed by atoms with Crippen LogP contribution in [0.15, 0.2) is 79.4 Å². The van der Waals surface area contributed by atoms with Gasteiger partial charge in [-0.2, -0.15) is 0 Å². The van der Waals surface area contributed by atoms with Crippen LogP contribution in [0.1, 0.15) is 10.4 Å². The van der Waals surface area contributed by atoms with E-state index in [2.05, 4.69) is 55.1 Å². The predicted molar refractivity (Wildman–Crippen MR) is 102 cm³/mol. The Morgan fingerprint density at radius 1 is 0.667 bits per heavy atom. The third-order valence-corrected chi connectivity index (χ3v) is 4.98. The minimum Gasteiger partial charge on any atom is -0.289 e. The number of benzene rings is 5. The lowest BCUT2D eigenvalue weighted by atomic mass is 9.88. The van der Waals surface area contributed by atoms with Gasteiger partial charge in [0, 0.05) is 5.56 Å². The molecule has 0 radical (unpaired) electrons. The fraction of sp³-hybridized carbons (Fsp3) is 0. The molecule has 0 bridgehead atoms. The normalized spacial score (nSPS) is 11.7. The number of fused-ring (bicyclic) bond motifs is 2. The monoisotopic (exact) mass is 306 g/mol. The van der Waals surface area contributed by atoms with Crippen molar-refractivity contribution in [3.05, 3.63) is 84.9 Å². The van der Waals surface area contributed by atoms with Crippen LogP contribution in [0.5, 0.6) is 0 Å². The van der Waals surface area contributed by atoms with E-state index in [1.165, 1.54) is 38.4 Å². The van der Waals surface area contributed by atoms with Crippen molar-refractivity contribution in [2.75, 3.05) is 0 Å². The molecule has 0 fully saturated rings. The molecular formula is C23H14O. The lowest BCUT2D eigenvalue weighted by Crippen LogP contribution is -1.96. The summed E-state index contributed by atoms with van der Waals surface area (Å²) in [5.74, 6) is -0.0317. The number of rotatable bonds is 2. The SMILES string of the molecule is C=CC(=O)c1ccc2c3cccc4cccc(c5cccc1c52)c43. The van der Waals surface area contributed by atoms with Crippen molar-refractivity contribution in [3.63, 3.8) is 0 Å². The molecule has 5 rings (SSSR count). The summed E-state index contributed by atoms with van der Waals surface area (Å²) in [6.45, 7) is 3.64. The highest BCUT2D eigenvalue weighted by Gasteiger charge is 2.15. The van der Waals surface area contributed by atoms with Crippen molar-refractivity contribution < 1.29 is 4.79 Å². The standard InChI is InChI=1S/C23H14O/c1-2-21(24)15-12-13-20-18-9-4-7-14-6-3-8-17(22(14)18)19-11-5-10-16(15)23(19)20/h2-13H,1H2. The second-order valence-electron chi connectivity index (χ2n) is 6.17. The first kappa shape index (κ1) is 13.3. The highest BCUT2D eigenvalue weighted by atomic mass is 16.1. The van der Waals surface area contributed by atoms with E-state index in [1.54, 1.807) is 0 Å². The van der Waals surface area contributed by atoms with E-state index in [1.807, 2.05) is 18.2 Å². The van der Waals surface area contributed by atoms with E-state index in [0.29, 0.717) is 0 Å². The van der Waals surface area contributed by atoms with E-state index >= 15 is 0 Å². The van der Waals surface area contributed by atoms with Crippen LogP contribution in [0, 0.1) is 0 Å². The summed E-state index contributed by atoms with van der Waals surface area (Å²) >= 11 is 0. The Morgan fingerprint density at radius 2 is 1.21 bits per heavy atom. The maximum atomic E-state index is 12.3. The summed E-state index contributed by atoms with van der Waals surface area (Å²) in [6.07, 6.45) is 1.39. The fourth-order valence-electron chi connectivity index (χ4n) is 3.97. The Kier molecular flexibility index (Phi) is 2.57. The van der Waals surface area contributed by atoms with Crippen molar-refractivity contribution in [1.82, 2.24) is 0 Å². The van der Waals surface area contributed by atoms with Crippen LogP contribution in [0.25, 0.3) is 43.1 Å². The van der Waals surface area contributed by atoms with Gasteiger partial charge in [0.25, 0.3) is 0 Å². The second-order valence-corrected chi connectivity index (χ2v) is 6.17. The van der Waals surface area contributed by atoms with Crippen LogP contribution < -0.4 is 0 Å². The molecule has 0 N–H and O–H groups in total. The lowest BCUT2D eigenvalue weighted by Gasteiger charge is -2.15. The molecule has 0 amide bonds. The summed E-state index contributed by atoms with van der Waals surface area (Å²) < 4.78 is 0. The molecule has 0 saturated heterocycles. The van der Waals surface area contributed by atoms with Gasteiger partial charge in [0.05, 0.1) is 0 Å². The Morgan fingerprint density at radius 3 is 1.88 bits per heavy atom. The van der Waals surface area contributed by atoms with Crippen LogP contribution in [-0.2, 0) is 0 Å². The van der Waals surface area contributed by atoms with Crippen LogP contribution >= 0.6 is 0 Å². The minimum atomic E-state index is -0.0317. The number of ketones is 1. The third-order valence-electron chi connectivity index (χ3n) is 4.98. The topological polar surface area (TPSA) is 17.1 Å². The Balaban J connectivity index is 2.16. The first-order chi connectivity index (χ1) is 11.8. The molecule has 0 saturated carbocycles. The van der Waals surface area contributed by atoms with E-state index in [4.69, 9.17) is 0 Å². The van der Waals surface area contributed by atoms with Gasteiger partial charge < -0.3 is 0 Å². The van der Waals surface area contributed by atoms with Crippen LogP contribution in [0.4, 0.5) is 0 Å². The molecule has 5 aromatic rings. The first-order valence-corrected chi connectivity index (χ1v) is 8.04. The highest BCUT2D eigenvalue weighted by molar-refractivity contribution is 6.34. The summed E-state index contributed by atoms with van der Waals surface area (Å²) in [5.41, 5.74) is 0.720. The zero-order valence-corrected chi connectivity index (χ0v) is 13.0. The number of hydrogen-bond acceptors (Lipinski definition) is 1. The molecule has 5 aromatic carbocycles. The second kappa shape index (κ2) is 4.65. The average Bonchev–Trinajstić information content (AvgIpc) is 2.65. The number of carbonyl (C=O) groups excluding carboxylic acids is 1. The summed E-state index contributed by atoms with van der Waals surface area (Å²) in [6, 6.07) is 23.1. The summed E-state index contributed by atoms with van der Waals surface area (Å²) in [4.78, 5) is 12.3. The van der Waals surface area contributed by atoms with E-state index in [9.17, 15) is 4.79 Å². The Hall–Kier alpha value is -3.19. The van der Waals surface area contributed by atoms with E-state index in [0.717, 1.165) is 16.3 Å². The van der Waals surface area contributed by atoms with Crippen molar-refractivity contribution in [2.45, 2.75) is 0 Å². The van der Waals surface area contributed by atoms with Crippen molar-refractivity contribution in [3.8, 4) is 0 Å². The lowest BCUT2D eigenvalue weighted by molar-refractivity contribution is 0.104. The smallest absolute Gasteiger partial charge is 0.185 e. The quantitative estimate of drug-likeness (QED) is 0.166. The van der Waals surface area contributed by atoms with Crippen LogP contribution in [-0.4, -0.2) is 5.78 Å². The van der Waals surface area contributed by atoms with Gasteiger partial charge in [-0.15, -0.1) is 0 Å². The maximum absolute atomic E-state index is 12.3. The van der Waals surface area contributed by atoms with Gasteiger partial charge in [-0.05, 0) is 55.2 Å². The molecule has 1 nitrogen and oxygen atoms in total. The minimum absolute atomic E-state index is 0.0317. The summed E-state index contributed by atoms with van der Waals surface area (Å²) in [5, 5.41) is 9.59. The molecule has 0 aromatic heterocycles. The van der Waals surface area contributed by atoms with Gasteiger partial charge in [-0.1, -0.05) is 67.2 Å². The molecule has 0 aliphatic heterocycles. The molecule has 0 atom stereocenters. The molecular weight excluding hydrogens is 292 g/mol. The molecule has 0 aliphatic carbocycles. The van der Waals surface area contributed by atoms with Gasteiger partial charge in [0.15, 0.2) is 5.78 Å². The van der Waals surface area contributed by atoms with Gasteiger partial charge in [-0.3, -0.25) is 4.79 Å². The molecule has 24 heavy (non-hydrogen) atoms. The van der Waals surface area contributed by atoms with Crippen molar-refractivity contribution >= 4 is 48.9 Å². The number of allylic oxidation sites excluding steroid dienone is 1. The van der Waals surface area contributed by atoms with Gasteiger partial charge in [0.1, 0.15) is 0 Å². The zero-order chi connectivity index (χ0) is 16.3. The molecule has 1 heteroatoms. The zero-order valence-electron chi connectivity index (χ0n) is 13.0. The Labute approximate surface area is 139 Å². The van der Waals surface area contributed by atoms with Gasteiger partial charge in [0.2, 0.25) is 0 Å². The fourth-order valence-corrected chi connectivity index (χ4v) is 3.97. The third kappa shape index (κ3) is 1.56. The number of carbonyl (C=O) groups is 1. The average molecular weight is 306 g/mol. The number of hydrogen-bond donors (Lipinski definition) is 0. The molecule has 0 aliphatic rings. The van der Waals surface area contributed by atoms with Gasteiger partial charge in [-0.25, -0.2) is 0 Å². The molecule has 112 valence electrons. The largest absolute Gasteiger partial charge is 0.289 e. The highest BCUT2D eigenvalue weighted by Crippen LogP contribution is 2.40. The van der Waals surface area contributed by atoms with Crippen LogP contribution in [0.2, 0.25) is 0 Å². The van der Waals surface area contributed by atoms with E-state index < -0.39 is 0 Å². The van der Waals surface area contributed by atoms with Crippen molar-refractivity contribution in [1.29, 1.82) is 0 Å². The molecule has 0 heterocycles. The Bertz CT molecular complexity index is 1230. The van der Waals surface area contributed by atoms with Gasteiger partial charge >= 0.3 is 0 Å². The van der Waals surface area contributed by atoms with E-state index in [-0.39, 0.29) is 5.78 Å². The predicted octanol–water partition coefficient (Wildman–Crippen LogP) is 6.11. The first-order valence-electron chi connectivity index (χ1n) is 8.04. The summed E-state index contributed by atoms with van der Waals surface area (Å²) in [7, 11) is 0.